The van der Waals surface area contributed by atoms with Crippen LogP contribution in [0.15, 0.2) is 24.5 Å². The van der Waals surface area contributed by atoms with Crippen LogP contribution in [0, 0.1) is 0 Å². The number of fused-ring (bicyclic) bond motifs is 1. The van der Waals surface area contributed by atoms with Crippen molar-refractivity contribution in [2.24, 2.45) is 0 Å². The fourth-order valence-electron chi connectivity index (χ4n) is 2.44. The Morgan fingerprint density at radius 3 is 3.25 bits per heavy atom. The van der Waals surface area contributed by atoms with Crippen LogP contribution < -0.4 is 5.32 Å². The molecule has 84 valence electrons. The second-order valence-electron chi connectivity index (χ2n) is 4.28. The van der Waals surface area contributed by atoms with E-state index in [-0.39, 0.29) is 0 Å². The third-order valence-electron chi connectivity index (χ3n) is 3.26. The molecule has 0 aliphatic carbocycles. The van der Waals surface area contributed by atoms with Gasteiger partial charge in [-0.3, -0.25) is 4.40 Å². The molecule has 1 atom stereocenters. The van der Waals surface area contributed by atoms with E-state index in [1.165, 1.54) is 18.4 Å². The standard InChI is InChI=1S/C12H14ClN3/c13-11-8-15-12-10(4-2-6-16(11)12)9-3-1-5-14-7-9/h2,4,6,8-9,14H,1,3,5,7H2. The molecule has 3 heterocycles. The predicted octanol–water partition coefficient (Wildman–Crippen LogP) is 2.45. The van der Waals surface area contributed by atoms with Gasteiger partial charge in [0.25, 0.3) is 0 Å². The van der Waals surface area contributed by atoms with Crippen LogP contribution in [0.4, 0.5) is 0 Å². The van der Waals surface area contributed by atoms with Crippen LogP contribution in [0.1, 0.15) is 24.3 Å². The van der Waals surface area contributed by atoms with Crippen molar-refractivity contribution in [2.45, 2.75) is 18.8 Å². The summed E-state index contributed by atoms with van der Waals surface area (Å²) in [5.74, 6) is 0.566. The Hall–Kier alpha value is -1.06. The van der Waals surface area contributed by atoms with Crippen LogP contribution in [0.2, 0.25) is 5.15 Å². The summed E-state index contributed by atoms with van der Waals surface area (Å²) in [4.78, 5) is 4.40. The van der Waals surface area contributed by atoms with Crippen LogP contribution in [-0.2, 0) is 0 Å². The third kappa shape index (κ3) is 1.60. The van der Waals surface area contributed by atoms with E-state index in [4.69, 9.17) is 11.6 Å². The van der Waals surface area contributed by atoms with Crippen LogP contribution in [0.25, 0.3) is 5.65 Å². The summed E-state index contributed by atoms with van der Waals surface area (Å²) in [6, 6.07) is 4.21. The molecule has 1 aliphatic rings. The van der Waals surface area contributed by atoms with Gasteiger partial charge in [-0.25, -0.2) is 4.98 Å². The Morgan fingerprint density at radius 1 is 1.50 bits per heavy atom. The first-order valence-corrected chi connectivity index (χ1v) is 6.06. The Morgan fingerprint density at radius 2 is 2.44 bits per heavy atom. The summed E-state index contributed by atoms with van der Waals surface area (Å²) in [5.41, 5.74) is 2.31. The largest absolute Gasteiger partial charge is 0.316 e. The van der Waals surface area contributed by atoms with Gasteiger partial charge >= 0.3 is 0 Å². The highest BCUT2D eigenvalue weighted by molar-refractivity contribution is 6.29. The molecule has 0 saturated carbocycles. The lowest BCUT2D eigenvalue weighted by molar-refractivity contribution is 0.462. The number of halogens is 1. The monoisotopic (exact) mass is 235 g/mol. The Balaban J connectivity index is 2.08. The Bertz CT molecular complexity index is 500. The number of piperidine rings is 1. The first-order chi connectivity index (χ1) is 7.86. The minimum absolute atomic E-state index is 0.566. The molecule has 2 aromatic heterocycles. The molecule has 0 spiro atoms. The van der Waals surface area contributed by atoms with Crippen molar-refractivity contribution in [2.75, 3.05) is 13.1 Å². The van der Waals surface area contributed by atoms with Crippen molar-refractivity contribution in [1.82, 2.24) is 14.7 Å². The van der Waals surface area contributed by atoms with Gasteiger partial charge in [-0.1, -0.05) is 17.7 Å². The normalized spacial score (nSPS) is 21.4. The molecule has 1 fully saturated rings. The maximum absolute atomic E-state index is 6.07. The highest BCUT2D eigenvalue weighted by Gasteiger charge is 2.18. The maximum atomic E-state index is 6.07. The van der Waals surface area contributed by atoms with Gasteiger partial charge < -0.3 is 5.32 Å². The summed E-state index contributed by atoms with van der Waals surface area (Å²) in [7, 11) is 0. The van der Waals surface area contributed by atoms with Crippen molar-refractivity contribution in [1.29, 1.82) is 0 Å². The van der Waals surface area contributed by atoms with Crippen molar-refractivity contribution in [3.63, 3.8) is 0 Å². The topological polar surface area (TPSA) is 29.3 Å². The number of pyridine rings is 1. The fraction of sp³-hybridized carbons (Fsp3) is 0.417. The minimum atomic E-state index is 0.566. The van der Waals surface area contributed by atoms with Gasteiger partial charge in [0, 0.05) is 18.7 Å². The van der Waals surface area contributed by atoms with E-state index in [1.807, 2.05) is 16.7 Å². The summed E-state index contributed by atoms with van der Waals surface area (Å²) in [6.45, 7) is 2.18. The molecular weight excluding hydrogens is 222 g/mol. The number of rotatable bonds is 1. The third-order valence-corrected chi connectivity index (χ3v) is 3.54. The van der Waals surface area contributed by atoms with Gasteiger partial charge in [0.15, 0.2) is 0 Å². The second kappa shape index (κ2) is 4.07. The zero-order chi connectivity index (χ0) is 11.0. The molecular formula is C12H14ClN3. The van der Waals surface area contributed by atoms with Gasteiger partial charge in [0.2, 0.25) is 0 Å². The zero-order valence-electron chi connectivity index (χ0n) is 8.99. The number of imidazole rings is 1. The molecule has 2 aromatic rings. The number of hydrogen-bond donors (Lipinski definition) is 1. The summed E-state index contributed by atoms with van der Waals surface area (Å²) in [5, 5.41) is 4.12. The zero-order valence-corrected chi connectivity index (χ0v) is 9.74. The molecule has 0 aromatic carbocycles. The van der Waals surface area contributed by atoms with E-state index < -0.39 is 0 Å². The highest BCUT2D eigenvalue weighted by atomic mass is 35.5. The minimum Gasteiger partial charge on any atom is -0.316 e. The quantitative estimate of drug-likeness (QED) is 0.823. The maximum Gasteiger partial charge on any atom is 0.141 e. The molecule has 1 aliphatic heterocycles. The molecule has 3 rings (SSSR count). The Kier molecular flexibility index (Phi) is 2.58. The van der Waals surface area contributed by atoms with Crippen molar-refractivity contribution in [3.8, 4) is 0 Å². The predicted molar refractivity (Wildman–Crippen MR) is 65.0 cm³/mol. The molecule has 1 unspecified atom stereocenters. The van der Waals surface area contributed by atoms with E-state index in [0.717, 1.165) is 18.7 Å². The molecule has 1 saturated heterocycles. The fourth-order valence-corrected chi connectivity index (χ4v) is 2.62. The van der Waals surface area contributed by atoms with Crippen LogP contribution >= 0.6 is 11.6 Å². The Labute approximate surface area is 99.4 Å². The molecule has 3 nitrogen and oxygen atoms in total. The molecule has 0 radical (unpaired) electrons. The van der Waals surface area contributed by atoms with Crippen molar-refractivity contribution in [3.05, 3.63) is 35.2 Å². The lowest BCUT2D eigenvalue weighted by atomic mass is 9.92. The molecule has 0 amide bonds. The molecule has 4 heteroatoms. The second-order valence-corrected chi connectivity index (χ2v) is 4.67. The van der Waals surface area contributed by atoms with Crippen LogP contribution in [0.5, 0.6) is 0 Å². The molecule has 16 heavy (non-hydrogen) atoms. The summed E-state index contributed by atoms with van der Waals surface area (Å²) < 4.78 is 1.95. The first kappa shape index (κ1) is 10.1. The molecule has 0 bridgehead atoms. The number of nitrogens with one attached hydrogen (secondary N) is 1. The lowest BCUT2D eigenvalue weighted by Gasteiger charge is -2.23. The van der Waals surface area contributed by atoms with Gasteiger partial charge in [-0.05, 0) is 31.0 Å². The lowest BCUT2D eigenvalue weighted by Crippen LogP contribution is -2.28. The van der Waals surface area contributed by atoms with E-state index in [2.05, 4.69) is 16.4 Å². The van der Waals surface area contributed by atoms with Crippen molar-refractivity contribution < 1.29 is 0 Å². The average molecular weight is 236 g/mol. The van der Waals surface area contributed by atoms with Gasteiger partial charge in [0.1, 0.15) is 10.8 Å². The summed E-state index contributed by atoms with van der Waals surface area (Å²) in [6.07, 6.45) is 6.15. The van der Waals surface area contributed by atoms with Crippen LogP contribution in [-0.4, -0.2) is 22.5 Å². The van der Waals surface area contributed by atoms with Crippen LogP contribution in [0.3, 0.4) is 0 Å². The van der Waals surface area contributed by atoms with Gasteiger partial charge in [-0.15, -0.1) is 0 Å². The number of aromatic nitrogens is 2. The van der Waals surface area contributed by atoms with Gasteiger partial charge in [0.05, 0.1) is 6.20 Å². The molecule has 1 N–H and O–H groups in total. The average Bonchev–Trinajstić information content (AvgIpc) is 2.73. The van der Waals surface area contributed by atoms with E-state index in [9.17, 15) is 0 Å². The first-order valence-electron chi connectivity index (χ1n) is 5.68. The highest BCUT2D eigenvalue weighted by Crippen LogP contribution is 2.27. The van der Waals surface area contributed by atoms with Crippen molar-refractivity contribution >= 4 is 17.2 Å². The number of nitrogens with zero attached hydrogens (tertiary/aromatic N) is 2. The number of hydrogen-bond acceptors (Lipinski definition) is 2. The van der Waals surface area contributed by atoms with E-state index in [0.29, 0.717) is 11.1 Å². The SMILES string of the molecule is Clc1cnc2c(C3CCCNC3)cccn12. The van der Waals surface area contributed by atoms with Gasteiger partial charge in [-0.2, -0.15) is 0 Å². The van der Waals surface area contributed by atoms with E-state index in [1.54, 1.807) is 6.20 Å². The smallest absolute Gasteiger partial charge is 0.141 e. The summed E-state index contributed by atoms with van der Waals surface area (Å²) >= 11 is 6.07. The van der Waals surface area contributed by atoms with E-state index >= 15 is 0 Å².